The molecule has 1 saturated carbocycles. The summed E-state index contributed by atoms with van der Waals surface area (Å²) in [6.45, 7) is 6.97. The zero-order valence-corrected chi connectivity index (χ0v) is 8.98. The lowest BCUT2D eigenvalue weighted by Crippen LogP contribution is -2.28. The summed E-state index contributed by atoms with van der Waals surface area (Å²) in [5, 5.41) is 9.73. The number of aliphatic hydroxyl groups excluding tert-OH is 1. The minimum absolute atomic E-state index is 0.0305. The van der Waals surface area contributed by atoms with Crippen molar-refractivity contribution in [1.82, 2.24) is 4.90 Å². The van der Waals surface area contributed by atoms with Crippen molar-refractivity contribution in [2.75, 3.05) is 32.8 Å². The molecule has 3 nitrogen and oxygen atoms in total. The maximum absolute atomic E-state index is 9.73. The van der Waals surface area contributed by atoms with Gasteiger partial charge in [0.15, 0.2) is 0 Å². The normalized spacial score (nSPS) is 37.7. The maximum atomic E-state index is 9.73. The lowest BCUT2D eigenvalue weighted by atomic mass is 10.00. The number of fused-ring (bicyclic) bond motifs is 1. The summed E-state index contributed by atoms with van der Waals surface area (Å²) >= 11 is 0. The number of aliphatic hydroxyl groups is 1. The predicted molar refractivity (Wildman–Crippen MR) is 55.2 cm³/mol. The van der Waals surface area contributed by atoms with E-state index in [0.29, 0.717) is 5.92 Å². The van der Waals surface area contributed by atoms with E-state index in [1.165, 1.54) is 13.0 Å². The highest BCUT2D eigenvalue weighted by Crippen LogP contribution is 2.37. The van der Waals surface area contributed by atoms with Crippen molar-refractivity contribution in [3.05, 3.63) is 0 Å². The molecule has 1 aliphatic carbocycles. The highest BCUT2D eigenvalue weighted by molar-refractivity contribution is 4.93. The lowest BCUT2D eigenvalue weighted by molar-refractivity contribution is 0.104. The quantitative estimate of drug-likeness (QED) is 0.677. The van der Waals surface area contributed by atoms with Crippen molar-refractivity contribution < 1.29 is 9.84 Å². The van der Waals surface area contributed by atoms with Crippen LogP contribution in [0.4, 0.5) is 0 Å². The molecule has 1 N–H and O–H groups in total. The van der Waals surface area contributed by atoms with Gasteiger partial charge in [-0.2, -0.15) is 0 Å². The Hall–Kier alpha value is -0.120. The van der Waals surface area contributed by atoms with Gasteiger partial charge in [-0.05, 0) is 25.7 Å². The molecule has 0 aromatic heterocycles. The standard InChI is InChI=1S/C11H21NO2/c1-2-14-6-5-12-7-9-3-4-11(13)10(9)8-12/h9-11,13H,2-8H2,1H3. The van der Waals surface area contributed by atoms with E-state index >= 15 is 0 Å². The van der Waals surface area contributed by atoms with E-state index in [9.17, 15) is 5.11 Å². The molecule has 1 heterocycles. The summed E-state index contributed by atoms with van der Waals surface area (Å²) in [5.74, 6) is 1.31. The maximum Gasteiger partial charge on any atom is 0.0593 e. The molecule has 2 rings (SSSR count). The summed E-state index contributed by atoms with van der Waals surface area (Å²) < 4.78 is 5.34. The van der Waals surface area contributed by atoms with E-state index in [2.05, 4.69) is 4.90 Å². The van der Waals surface area contributed by atoms with Gasteiger partial charge in [-0.1, -0.05) is 0 Å². The largest absolute Gasteiger partial charge is 0.393 e. The minimum Gasteiger partial charge on any atom is -0.393 e. The van der Waals surface area contributed by atoms with Crippen molar-refractivity contribution >= 4 is 0 Å². The second-order valence-corrected chi connectivity index (χ2v) is 4.53. The average Bonchev–Trinajstić information content (AvgIpc) is 2.70. The first kappa shape index (κ1) is 10.4. The highest BCUT2D eigenvalue weighted by Gasteiger charge is 2.41. The van der Waals surface area contributed by atoms with Crippen LogP contribution in [-0.4, -0.2) is 49.0 Å². The van der Waals surface area contributed by atoms with Crippen molar-refractivity contribution in [2.45, 2.75) is 25.9 Å². The van der Waals surface area contributed by atoms with Crippen LogP contribution in [0.3, 0.4) is 0 Å². The van der Waals surface area contributed by atoms with Crippen LogP contribution in [-0.2, 0) is 4.74 Å². The van der Waals surface area contributed by atoms with Gasteiger partial charge in [-0.3, -0.25) is 0 Å². The Bertz CT molecular complexity index is 186. The lowest BCUT2D eigenvalue weighted by Gasteiger charge is -2.17. The molecule has 3 atom stereocenters. The van der Waals surface area contributed by atoms with Crippen LogP contribution >= 0.6 is 0 Å². The summed E-state index contributed by atoms with van der Waals surface area (Å²) in [4.78, 5) is 2.44. The second-order valence-electron chi connectivity index (χ2n) is 4.53. The van der Waals surface area contributed by atoms with Gasteiger partial charge < -0.3 is 14.7 Å². The zero-order chi connectivity index (χ0) is 9.97. The van der Waals surface area contributed by atoms with Crippen LogP contribution < -0.4 is 0 Å². The zero-order valence-electron chi connectivity index (χ0n) is 8.98. The van der Waals surface area contributed by atoms with Gasteiger partial charge in [0.2, 0.25) is 0 Å². The van der Waals surface area contributed by atoms with Crippen molar-refractivity contribution in [1.29, 1.82) is 0 Å². The number of likely N-dealkylation sites (tertiary alicyclic amines) is 1. The van der Waals surface area contributed by atoms with E-state index in [1.54, 1.807) is 0 Å². The molecule has 0 amide bonds. The monoisotopic (exact) mass is 199 g/mol. The first-order valence-electron chi connectivity index (χ1n) is 5.79. The van der Waals surface area contributed by atoms with Crippen LogP contribution in [0.15, 0.2) is 0 Å². The van der Waals surface area contributed by atoms with E-state index in [0.717, 1.165) is 38.6 Å². The summed E-state index contributed by atoms with van der Waals surface area (Å²) in [5.41, 5.74) is 0. The molecule has 0 bridgehead atoms. The number of hydrogen-bond donors (Lipinski definition) is 1. The molecule has 0 spiro atoms. The van der Waals surface area contributed by atoms with Crippen LogP contribution in [0.25, 0.3) is 0 Å². The number of hydrogen-bond acceptors (Lipinski definition) is 3. The SMILES string of the molecule is CCOCCN1CC2CCC(O)C2C1. The molecule has 2 aliphatic rings. The Kier molecular flexibility index (Phi) is 3.42. The Morgan fingerprint density at radius 1 is 1.36 bits per heavy atom. The third kappa shape index (κ3) is 2.10. The fraction of sp³-hybridized carbons (Fsp3) is 1.00. The van der Waals surface area contributed by atoms with E-state index in [4.69, 9.17) is 4.74 Å². The molecule has 82 valence electrons. The molecule has 3 unspecified atom stereocenters. The van der Waals surface area contributed by atoms with Gasteiger partial charge in [0.25, 0.3) is 0 Å². The Morgan fingerprint density at radius 3 is 2.93 bits per heavy atom. The van der Waals surface area contributed by atoms with E-state index in [1.807, 2.05) is 6.92 Å². The van der Waals surface area contributed by atoms with Crippen molar-refractivity contribution in [3.8, 4) is 0 Å². The number of nitrogens with zero attached hydrogens (tertiary/aromatic N) is 1. The Labute approximate surface area is 86.0 Å². The third-order valence-corrected chi connectivity index (χ3v) is 3.65. The Balaban J connectivity index is 1.72. The minimum atomic E-state index is -0.0305. The Morgan fingerprint density at radius 2 is 2.21 bits per heavy atom. The van der Waals surface area contributed by atoms with Gasteiger partial charge in [0, 0.05) is 32.2 Å². The molecule has 0 radical (unpaired) electrons. The fourth-order valence-corrected chi connectivity index (χ4v) is 2.85. The molecule has 0 aromatic rings. The molecular weight excluding hydrogens is 178 g/mol. The smallest absolute Gasteiger partial charge is 0.0593 e. The van der Waals surface area contributed by atoms with Crippen LogP contribution in [0.1, 0.15) is 19.8 Å². The molecule has 14 heavy (non-hydrogen) atoms. The third-order valence-electron chi connectivity index (χ3n) is 3.65. The first-order chi connectivity index (χ1) is 6.81. The van der Waals surface area contributed by atoms with Crippen LogP contribution in [0.2, 0.25) is 0 Å². The second kappa shape index (κ2) is 4.60. The van der Waals surface area contributed by atoms with Gasteiger partial charge in [-0.25, -0.2) is 0 Å². The average molecular weight is 199 g/mol. The summed E-state index contributed by atoms with van der Waals surface area (Å²) in [6, 6.07) is 0. The van der Waals surface area contributed by atoms with Gasteiger partial charge >= 0.3 is 0 Å². The molecule has 0 aromatic carbocycles. The number of rotatable bonds is 4. The van der Waals surface area contributed by atoms with E-state index < -0.39 is 0 Å². The van der Waals surface area contributed by atoms with Crippen molar-refractivity contribution in [3.63, 3.8) is 0 Å². The van der Waals surface area contributed by atoms with Gasteiger partial charge in [0.1, 0.15) is 0 Å². The molecule has 1 aliphatic heterocycles. The highest BCUT2D eigenvalue weighted by atomic mass is 16.5. The van der Waals surface area contributed by atoms with Crippen LogP contribution in [0, 0.1) is 11.8 Å². The van der Waals surface area contributed by atoms with Crippen molar-refractivity contribution in [2.24, 2.45) is 11.8 Å². The summed E-state index contributed by atoms with van der Waals surface area (Å²) in [6.07, 6.45) is 2.21. The number of ether oxygens (including phenoxy) is 1. The van der Waals surface area contributed by atoms with Gasteiger partial charge in [0.05, 0.1) is 12.7 Å². The summed E-state index contributed by atoms with van der Waals surface area (Å²) in [7, 11) is 0. The van der Waals surface area contributed by atoms with E-state index in [-0.39, 0.29) is 6.10 Å². The molecular formula is C11H21NO2. The predicted octanol–water partition coefficient (Wildman–Crippen LogP) is 0.726. The fourth-order valence-electron chi connectivity index (χ4n) is 2.85. The first-order valence-corrected chi connectivity index (χ1v) is 5.79. The topological polar surface area (TPSA) is 32.7 Å². The molecule has 2 fully saturated rings. The van der Waals surface area contributed by atoms with Crippen LogP contribution in [0.5, 0.6) is 0 Å². The van der Waals surface area contributed by atoms with Gasteiger partial charge in [-0.15, -0.1) is 0 Å². The molecule has 1 saturated heterocycles. The molecule has 3 heteroatoms.